The third-order valence-corrected chi connectivity index (χ3v) is 3.88. The number of nitrogens with one attached hydrogen (secondary N) is 1. The van der Waals surface area contributed by atoms with Gasteiger partial charge in [0.25, 0.3) is 0 Å². The lowest BCUT2D eigenvalue weighted by atomic mass is 10.2. The number of hydrogen-bond acceptors (Lipinski definition) is 2. The summed E-state index contributed by atoms with van der Waals surface area (Å²) in [6.45, 7) is 5.49. The van der Waals surface area contributed by atoms with Gasteiger partial charge in [-0.05, 0) is 38.3 Å². The van der Waals surface area contributed by atoms with Gasteiger partial charge in [0.1, 0.15) is 0 Å². The van der Waals surface area contributed by atoms with Gasteiger partial charge >= 0.3 is 0 Å². The van der Waals surface area contributed by atoms with Crippen LogP contribution in [-0.2, 0) is 0 Å². The molecule has 1 aromatic rings. The highest BCUT2D eigenvalue weighted by molar-refractivity contribution is 7.99. The van der Waals surface area contributed by atoms with Crippen molar-refractivity contribution in [2.45, 2.75) is 37.6 Å². The van der Waals surface area contributed by atoms with Crippen molar-refractivity contribution in [1.29, 1.82) is 0 Å². The fourth-order valence-corrected chi connectivity index (χ4v) is 2.56. The topological polar surface area (TPSA) is 12.0 Å². The molecule has 1 fully saturated rings. The maximum atomic E-state index is 3.54. The minimum Gasteiger partial charge on any atom is -0.313 e. The van der Waals surface area contributed by atoms with E-state index in [1.165, 1.54) is 34.6 Å². The van der Waals surface area contributed by atoms with Gasteiger partial charge in [0.05, 0.1) is 0 Å². The van der Waals surface area contributed by atoms with Crippen molar-refractivity contribution in [3.05, 3.63) is 29.3 Å². The molecule has 2 rings (SSSR count). The van der Waals surface area contributed by atoms with Crippen LogP contribution >= 0.6 is 11.8 Å². The smallest absolute Gasteiger partial charge is 0.0106 e. The van der Waals surface area contributed by atoms with Crippen LogP contribution in [0.25, 0.3) is 0 Å². The molecule has 0 spiro atoms. The highest BCUT2D eigenvalue weighted by atomic mass is 32.2. The van der Waals surface area contributed by atoms with E-state index < -0.39 is 0 Å². The molecule has 0 bridgehead atoms. The summed E-state index contributed by atoms with van der Waals surface area (Å²) in [5.41, 5.74) is 2.76. The Bertz CT molecular complexity index is 331. The summed E-state index contributed by atoms with van der Waals surface area (Å²) in [6, 6.07) is 7.54. The van der Waals surface area contributed by atoms with Gasteiger partial charge in [0.15, 0.2) is 0 Å². The summed E-state index contributed by atoms with van der Waals surface area (Å²) in [7, 11) is 0. The van der Waals surface area contributed by atoms with E-state index in [1.54, 1.807) is 0 Å². The Kier molecular flexibility index (Phi) is 3.71. The lowest BCUT2D eigenvalue weighted by Gasteiger charge is -2.06. The number of aryl methyl sites for hydroxylation is 2. The van der Waals surface area contributed by atoms with Gasteiger partial charge in [-0.25, -0.2) is 0 Å². The Morgan fingerprint density at radius 3 is 2.80 bits per heavy atom. The maximum absolute atomic E-state index is 3.54. The second-order valence-electron chi connectivity index (χ2n) is 4.35. The molecule has 1 nitrogen and oxygen atoms in total. The van der Waals surface area contributed by atoms with E-state index in [2.05, 4.69) is 37.4 Å². The highest BCUT2D eigenvalue weighted by Crippen LogP contribution is 2.23. The van der Waals surface area contributed by atoms with E-state index >= 15 is 0 Å². The highest BCUT2D eigenvalue weighted by Gasteiger charge is 2.19. The van der Waals surface area contributed by atoms with Crippen LogP contribution in [0, 0.1) is 13.8 Å². The van der Waals surface area contributed by atoms with E-state index in [9.17, 15) is 0 Å². The molecule has 2 heteroatoms. The lowest BCUT2D eigenvalue weighted by molar-refractivity contribution is 0.726. The van der Waals surface area contributed by atoms with Crippen LogP contribution in [0.2, 0.25) is 0 Å². The third kappa shape index (κ3) is 3.54. The standard InChI is InChI=1S/C13H19NS/c1-10-3-6-13(11(2)9-10)15-8-7-14-12-4-5-12/h3,6,9,12,14H,4-5,7-8H2,1-2H3. The molecule has 1 aliphatic rings. The molecule has 0 amide bonds. The van der Waals surface area contributed by atoms with Gasteiger partial charge in [-0.3, -0.25) is 0 Å². The molecule has 0 aliphatic heterocycles. The quantitative estimate of drug-likeness (QED) is 0.605. The average molecular weight is 221 g/mol. The molecule has 82 valence electrons. The average Bonchev–Trinajstić information content (AvgIpc) is 2.99. The molecule has 1 saturated carbocycles. The van der Waals surface area contributed by atoms with E-state index in [4.69, 9.17) is 0 Å². The van der Waals surface area contributed by atoms with Crippen LogP contribution in [0.15, 0.2) is 23.1 Å². The predicted octanol–water partition coefficient (Wildman–Crippen LogP) is 3.15. The number of rotatable bonds is 5. The fourth-order valence-electron chi connectivity index (χ4n) is 1.67. The fraction of sp³-hybridized carbons (Fsp3) is 0.538. The van der Waals surface area contributed by atoms with Crippen LogP contribution in [0.4, 0.5) is 0 Å². The summed E-state index contributed by atoms with van der Waals surface area (Å²) >= 11 is 1.96. The molecule has 0 radical (unpaired) electrons. The van der Waals surface area contributed by atoms with Gasteiger partial charge in [-0.2, -0.15) is 0 Å². The van der Waals surface area contributed by atoms with Crippen LogP contribution in [-0.4, -0.2) is 18.3 Å². The monoisotopic (exact) mass is 221 g/mol. The number of benzene rings is 1. The SMILES string of the molecule is Cc1ccc(SCCNC2CC2)c(C)c1. The van der Waals surface area contributed by atoms with Crippen LogP contribution in [0.1, 0.15) is 24.0 Å². The first kappa shape index (κ1) is 11.0. The first-order chi connectivity index (χ1) is 7.25. The maximum Gasteiger partial charge on any atom is 0.0106 e. The second-order valence-corrected chi connectivity index (χ2v) is 5.48. The number of thioether (sulfide) groups is 1. The molecule has 0 aromatic heterocycles. The van der Waals surface area contributed by atoms with E-state index in [-0.39, 0.29) is 0 Å². The summed E-state index contributed by atoms with van der Waals surface area (Å²) in [6.07, 6.45) is 2.77. The van der Waals surface area contributed by atoms with Crippen LogP contribution < -0.4 is 5.32 Å². The van der Waals surface area contributed by atoms with Crippen LogP contribution in [0.3, 0.4) is 0 Å². The van der Waals surface area contributed by atoms with Crippen LogP contribution in [0.5, 0.6) is 0 Å². The molecule has 0 atom stereocenters. The molecule has 0 saturated heterocycles. The zero-order valence-corrected chi connectivity index (χ0v) is 10.4. The van der Waals surface area contributed by atoms with Crippen molar-refractivity contribution in [3.8, 4) is 0 Å². The zero-order valence-electron chi connectivity index (χ0n) is 9.55. The Hall–Kier alpha value is -0.470. The summed E-state index contributed by atoms with van der Waals surface area (Å²) in [5.74, 6) is 1.18. The Balaban J connectivity index is 1.76. The van der Waals surface area contributed by atoms with Gasteiger partial charge in [-0.15, -0.1) is 11.8 Å². The van der Waals surface area contributed by atoms with Crippen molar-refractivity contribution in [2.24, 2.45) is 0 Å². The first-order valence-electron chi connectivity index (χ1n) is 5.69. The minimum absolute atomic E-state index is 0.838. The minimum atomic E-state index is 0.838. The second kappa shape index (κ2) is 5.04. The van der Waals surface area contributed by atoms with Crippen molar-refractivity contribution < 1.29 is 0 Å². The Labute approximate surface area is 96.7 Å². The molecule has 15 heavy (non-hydrogen) atoms. The molecule has 0 unspecified atom stereocenters. The van der Waals surface area contributed by atoms with Gasteiger partial charge in [0, 0.05) is 23.2 Å². The van der Waals surface area contributed by atoms with E-state index in [1.807, 2.05) is 11.8 Å². The number of hydrogen-bond donors (Lipinski definition) is 1. The third-order valence-electron chi connectivity index (χ3n) is 2.70. The van der Waals surface area contributed by atoms with Crippen molar-refractivity contribution in [3.63, 3.8) is 0 Å². The normalized spacial score (nSPS) is 15.6. The molecular weight excluding hydrogens is 202 g/mol. The zero-order chi connectivity index (χ0) is 10.7. The molecule has 1 N–H and O–H groups in total. The lowest BCUT2D eigenvalue weighted by Crippen LogP contribution is -2.19. The van der Waals surface area contributed by atoms with Gasteiger partial charge < -0.3 is 5.32 Å². The molecule has 1 aliphatic carbocycles. The summed E-state index contributed by atoms with van der Waals surface area (Å²) in [4.78, 5) is 1.43. The Morgan fingerprint density at radius 1 is 1.33 bits per heavy atom. The molecule has 0 heterocycles. The summed E-state index contributed by atoms with van der Waals surface area (Å²) < 4.78 is 0. The first-order valence-corrected chi connectivity index (χ1v) is 6.68. The van der Waals surface area contributed by atoms with E-state index in [0.717, 1.165) is 12.6 Å². The molecular formula is C13H19NS. The largest absolute Gasteiger partial charge is 0.313 e. The van der Waals surface area contributed by atoms with Crippen molar-refractivity contribution in [1.82, 2.24) is 5.32 Å². The van der Waals surface area contributed by atoms with Crippen molar-refractivity contribution >= 4 is 11.8 Å². The summed E-state index contributed by atoms with van der Waals surface area (Å²) in [5, 5.41) is 3.54. The predicted molar refractivity (Wildman–Crippen MR) is 67.7 cm³/mol. The van der Waals surface area contributed by atoms with Crippen molar-refractivity contribution in [2.75, 3.05) is 12.3 Å². The molecule has 1 aromatic carbocycles. The van der Waals surface area contributed by atoms with Gasteiger partial charge in [0.2, 0.25) is 0 Å². The van der Waals surface area contributed by atoms with E-state index in [0.29, 0.717) is 0 Å². The van der Waals surface area contributed by atoms with Gasteiger partial charge in [-0.1, -0.05) is 17.7 Å². The Morgan fingerprint density at radius 2 is 2.13 bits per heavy atom.